The van der Waals surface area contributed by atoms with Gasteiger partial charge in [-0.25, -0.2) is 0 Å². The Kier molecular flexibility index (Phi) is 5.83. The van der Waals surface area contributed by atoms with E-state index in [-0.39, 0.29) is 17.5 Å². The molecule has 0 heterocycles. The second-order valence-electron chi connectivity index (χ2n) is 11.4. The molecule has 4 heteroatoms. The van der Waals surface area contributed by atoms with Gasteiger partial charge in [0.1, 0.15) is 6.10 Å². The molecule has 4 nitrogen and oxygen atoms in total. The van der Waals surface area contributed by atoms with Crippen LogP contribution in [0.5, 0.6) is 0 Å². The van der Waals surface area contributed by atoms with Crippen molar-refractivity contribution in [3.8, 4) is 0 Å². The van der Waals surface area contributed by atoms with Crippen LogP contribution in [0.15, 0.2) is 11.6 Å². The van der Waals surface area contributed by atoms with Gasteiger partial charge in [-0.05, 0) is 91.8 Å². The maximum atomic E-state index is 11.4. The Morgan fingerprint density at radius 3 is 2.63 bits per heavy atom. The van der Waals surface area contributed by atoms with Gasteiger partial charge in [-0.15, -0.1) is 0 Å². The third-order valence-corrected chi connectivity index (χ3v) is 9.97. The fourth-order valence-electron chi connectivity index (χ4n) is 8.49. The third-order valence-electron chi connectivity index (χ3n) is 9.97. The highest BCUT2D eigenvalue weighted by Crippen LogP contribution is 2.67. The largest absolute Gasteiger partial charge is 0.481 e. The zero-order valence-corrected chi connectivity index (χ0v) is 19.3. The SMILES string of the molecule is CC(=O)O[C@@H]1CC[C@@]2(C)C(=CC[C@H]3[C@H]4CC[C@H]([C@H](C)CCC(=O)O)[C@@]4(C)CC[C@@H]32)C1. The summed E-state index contributed by atoms with van der Waals surface area (Å²) >= 11 is 0. The molecule has 0 bridgehead atoms. The van der Waals surface area contributed by atoms with Crippen LogP contribution in [0.3, 0.4) is 0 Å². The number of aliphatic carboxylic acids is 1. The van der Waals surface area contributed by atoms with E-state index in [0.29, 0.717) is 23.7 Å². The quantitative estimate of drug-likeness (QED) is 0.441. The standard InChI is InChI=1S/C26H40O4/c1-16(5-10-24(28)29)21-8-9-22-20-7-6-18-15-19(30-17(2)27)11-13-25(18,3)23(20)12-14-26(21,22)4/h6,16,19-23H,5,7-15H2,1-4H3,(H,28,29)/t16-,19-,20+,21-,22-,23+,25+,26-/m1/s1. The lowest BCUT2D eigenvalue weighted by Gasteiger charge is -2.58. The molecule has 0 aromatic heterocycles. The molecule has 4 aliphatic carbocycles. The predicted octanol–water partition coefficient (Wildman–Crippen LogP) is 6.00. The van der Waals surface area contributed by atoms with E-state index in [1.165, 1.54) is 39.0 Å². The van der Waals surface area contributed by atoms with Crippen molar-refractivity contribution in [3.63, 3.8) is 0 Å². The Balaban J connectivity index is 1.51. The van der Waals surface area contributed by atoms with E-state index in [0.717, 1.165) is 43.4 Å². The van der Waals surface area contributed by atoms with Gasteiger partial charge in [-0.2, -0.15) is 0 Å². The summed E-state index contributed by atoms with van der Waals surface area (Å²) in [5.41, 5.74) is 2.19. The Bertz CT molecular complexity index is 727. The first-order chi connectivity index (χ1) is 14.1. The molecule has 3 saturated carbocycles. The number of hydrogen-bond donors (Lipinski definition) is 1. The highest BCUT2D eigenvalue weighted by atomic mass is 16.5. The highest BCUT2D eigenvalue weighted by Gasteiger charge is 2.59. The van der Waals surface area contributed by atoms with Gasteiger partial charge >= 0.3 is 11.9 Å². The molecule has 3 fully saturated rings. The molecule has 8 atom stereocenters. The van der Waals surface area contributed by atoms with Crippen molar-refractivity contribution in [3.05, 3.63) is 11.6 Å². The lowest BCUT2D eigenvalue weighted by atomic mass is 9.47. The maximum Gasteiger partial charge on any atom is 0.303 e. The Labute approximate surface area is 181 Å². The average molecular weight is 417 g/mol. The van der Waals surface area contributed by atoms with E-state index in [4.69, 9.17) is 9.84 Å². The van der Waals surface area contributed by atoms with Gasteiger partial charge in [0.2, 0.25) is 0 Å². The van der Waals surface area contributed by atoms with Crippen molar-refractivity contribution in [2.24, 2.45) is 40.4 Å². The predicted molar refractivity (Wildman–Crippen MR) is 117 cm³/mol. The summed E-state index contributed by atoms with van der Waals surface area (Å²) in [5, 5.41) is 9.13. The number of esters is 1. The van der Waals surface area contributed by atoms with Crippen molar-refractivity contribution in [2.75, 3.05) is 0 Å². The lowest BCUT2D eigenvalue weighted by Crippen LogP contribution is -2.51. The van der Waals surface area contributed by atoms with E-state index in [2.05, 4.69) is 26.8 Å². The van der Waals surface area contributed by atoms with Gasteiger partial charge in [0.15, 0.2) is 0 Å². The Morgan fingerprint density at radius 2 is 1.93 bits per heavy atom. The zero-order chi connectivity index (χ0) is 21.7. The van der Waals surface area contributed by atoms with Crippen LogP contribution in [-0.2, 0) is 14.3 Å². The number of rotatable bonds is 5. The van der Waals surface area contributed by atoms with Crippen LogP contribution in [0.1, 0.15) is 91.9 Å². The second-order valence-corrected chi connectivity index (χ2v) is 11.4. The number of allylic oxidation sites excluding steroid dienone is 1. The van der Waals surface area contributed by atoms with Gasteiger partial charge in [0, 0.05) is 19.8 Å². The van der Waals surface area contributed by atoms with E-state index in [1.807, 2.05) is 0 Å². The maximum absolute atomic E-state index is 11.4. The molecule has 0 amide bonds. The molecular weight excluding hydrogens is 376 g/mol. The molecule has 4 rings (SSSR count). The average Bonchev–Trinajstić information content (AvgIpc) is 3.03. The molecule has 0 radical (unpaired) electrons. The Hall–Kier alpha value is -1.32. The van der Waals surface area contributed by atoms with E-state index in [1.54, 1.807) is 5.57 Å². The number of carbonyl (C=O) groups excluding carboxylic acids is 1. The van der Waals surface area contributed by atoms with Gasteiger partial charge in [-0.3, -0.25) is 9.59 Å². The lowest BCUT2D eigenvalue weighted by molar-refractivity contribution is -0.148. The number of hydrogen-bond acceptors (Lipinski definition) is 3. The fourth-order valence-corrected chi connectivity index (χ4v) is 8.49. The monoisotopic (exact) mass is 416 g/mol. The first kappa shape index (κ1) is 21.9. The molecule has 0 aliphatic heterocycles. The van der Waals surface area contributed by atoms with Gasteiger partial charge in [0.05, 0.1) is 0 Å². The minimum absolute atomic E-state index is 0.0678. The molecular formula is C26H40O4. The van der Waals surface area contributed by atoms with Gasteiger partial charge in [-0.1, -0.05) is 32.4 Å². The summed E-state index contributed by atoms with van der Waals surface area (Å²) < 4.78 is 5.57. The minimum Gasteiger partial charge on any atom is -0.481 e. The van der Waals surface area contributed by atoms with Crippen LogP contribution < -0.4 is 0 Å². The fraction of sp³-hybridized carbons (Fsp3) is 0.846. The molecule has 0 aromatic rings. The van der Waals surface area contributed by atoms with Crippen molar-refractivity contribution in [2.45, 2.75) is 98.0 Å². The third kappa shape index (κ3) is 3.62. The number of carbonyl (C=O) groups is 2. The van der Waals surface area contributed by atoms with Crippen LogP contribution in [0, 0.1) is 40.4 Å². The number of fused-ring (bicyclic) bond motifs is 5. The molecule has 0 saturated heterocycles. The summed E-state index contributed by atoms with van der Waals surface area (Å²) in [7, 11) is 0. The topological polar surface area (TPSA) is 63.6 Å². The normalized spacial score (nSPS) is 43.6. The van der Waals surface area contributed by atoms with Gasteiger partial charge in [0.25, 0.3) is 0 Å². The van der Waals surface area contributed by atoms with Crippen LogP contribution in [-0.4, -0.2) is 23.1 Å². The molecule has 168 valence electrons. The first-order valence-corrected chi connectivity index (χ1v) is 12.2. The van der Waals surface area contributed by atoms with Crippen molar-refractivity contribution < 1.29 is 19.4 Å². The van der Waals surface area contributed by atoms with E-state index in [9.17, 15) is 9.59 Å². The van der Waals surface area contributed by atoms with Crippen LogP contribution >= 0.6 is 0 Å². The molecule has 30 heavy (non-hydrogen) atoms. The van der Waals surface area contributed by atoms with Crippen LogP contribution in [0.25, 0.3) is 0 Å². The molecule has 0 unspecified atom stereocenters. The van der Waals surface area contributed by atoms with Gasteiger partial charge < -0.3 is 9.84 Å². The minimum atomic E-state index is -0.660. The van der Waals surface area contributed by atoms with Crippen LogP contribution in [0.2, 0.25) is 0 Å². The van der Waals surface area contributed by atoms with E-state index < -0.39 is 5.97 Å². The summed E-state index contributed by atoms with van der Waals surface area (Å²) in [6.07, 6.45) is 13.1. The zero-order valence-electron chi connectivity index (χ0n) is 19.3. The Morgan fingerprint density at radius 1 is 1.17 bits per heavy atom. The summed E-state index contributed by atoms with van der Waals surface area (Å²) in [4.78, 5) is 22.5. The number of carboxylic acids is 1. The summed E-state index contributed by atoms with van der Waals surface area (Å²) in [5.74, 6) is 2.64. The molecule has 0 aromatic carbocycles. The number of ether oxygens (including phenoxy) is 1. The van der Waals surface area contributed by atoms with Crippen molar-refractivity contribution in [1.82, 2.24) is 0 Å². The van der Waals surface area contributed by atoms with Crippen molar-refractivity contribution in [1.29, 1.82) is 0 Å². The smallest absolute Gasteiger partial charge is 0.303 e. The molecule has 0 spiro atoms. The summed E-state index contributed by atoms with van der Waals surface area (Å²) in [6.45, 7) is 8.84. The van der Waals surface area contributed by atoms with E-state index >= 15 is 0 Å². The summed E-state index contributed by atoms with van der Waals surface area (Å²) in [6, 6.07) is 0. The highest BCUT2D eigenvalue weighted by molar-refractivity contribution is 5.66. The van der Waals surface area contributed by atoms with Crippen molar-refractivity contribution >= 4 is 11.9 Å². The molecule has 1 N–H and O–H groups in total. The van der Waals surface area contributed by atoms with Crippen LogP contribution in [0.4, 0.5) is 0 Å². The first-order valence-electron chi connectivity index (χ1n) is 12.2. The molecule has 4 aliphatic rings. The second kappa shape index (κ2) is 7.98. The number of carboxylic acid groups (broad SMARTS) is 1.